The van der Waals surface area contributed by atoms with Crippen LogP contribution in [0.25, 0.3) is 0 Å². The van der Waals surface area contributed by atoms with Crippen LogP contribution in [0, 0.1) is 5.41 Å². The van der Waals surface area contributed by atoms with Gasteiger partial charge in [-0.15, -0.1) is 0 Å². The molecule has 1 fully saturated rings. The molecule has 2 rings (SSSR count). The number of thioether (sulfide) groups is 1. The topological polar surface area (TPSA) is 38.3 Å². The summed E-state index contributed by atoms with van der Waals surface area (Å²) in [6, 6.07) is 7.97. The summed E-state index contributed by atoms with van der Waals surface area (Å²) in [6.07, 6.45) is 1.23. The van der Waals surface area contributed by atoms with Crippen molar-refractivity contribution in [3.05, 3.63) is 29.8 Å². The van der Waals surface area contributed by atoms with E-state index in [1.807, 2.05) is 23.9 Å². The third-order valence-electron chi connectivity index (χ3n) is 3.77. The molecule has 0 radical (unpaired) electrons. The van der Waals surface area contributed by atoms with Crippen molar-refractivity contribution in [3.8, 4) is 0 Å². The lowest BCUT2D eigenvalue weighted by Crippen LogP contribution is -2.41. The quantitative estimate of drug-likeness (QED) is 0.860. The molecule has 1 atom stereocenters. The van der Waals surface area contributed by atoms with Crippen LogP contribution in [-0.2, 0) is 4.74 Å². The fourth-order valence-electron chi connectivity index (χ4n) is 2.19. The van der Waals surface area contributed by atoms with E-state index >= 15 is 0 Å². The number of rotatable bonds is 3. The number of nitrogens with one attached hydrogen (secondary N) is 1. The van der Waals surface area contributed by atoms with Gasteiger partial charge in [0.15, 0.2) is 0 Å². The van der Waals surface area contributed by atoms with Crippen LogP contribution in [0.1, 0.15) is 30.6 Å². The molecule has 1 saturated heterocycles. The van der Waals surface area contributed by atoms with Crippen molar-refractivity contribution in [2.75, 3.05) is 23.9 Å². The van der Waals surface area contributed by atoms with Crippen molar-refractivity contribution in [1.29, 1.82) is 0 Å². The number of anilines is 1. The second-order valence-electron chi connectivity index (χ2n) is 5.58. The molecule has 0 aromatic heterocycles. The first-order chi connectivity index (χ1) is 9.03. The van der Waals surface area contributed by atoms with E-state index in [4.69, 9.17) is 4.74 Å². The highest BCUT2D eigenvalue weighted by Gasteiger charge is 2.32. The zero-order valence-corrected chi connectivity index (χ0v) is 12.5. The van der Waals surface area contributed by atoms with Gasteiger partial charge < -0.3 is 10.1 Å². The second-order valence-corrected chi connectivity index (χ2v) is 6.73. The van der Waals surface area contributed by atoms with Gasteiger partial charge in [0.2, 0.25) is 0 Å². The molecular weight excluding hydrogens is 258 g/mol. The Bertz CT molecular complexity index is 442. The maximum Gasteiger partial charge on any atom is 0.337 e. The number of ether oxygens (including phenoxy) is 1. The summed E-state index contributed by atoms with van der Waals surface area (Å²) in [4.78, 5) is 11.4. The highest BCUT2D eigenvalue weighted by Crippen LogP contribution is 2.35. The molecule has 1 N–H and O–H groups in total. The standard InChI is InChI=1S/C15H21NO2S/c1-15(2)8-9-19-10-13(15)16-12-6-4-11(5-7-12)14(17)18-3/h4-7,13,16H,8-10H2,1-3H3. The monoisotopic (exact) mass is 279 g/mol. The minimum atomic E-state index is -0.292. The Morgan fingerprint density at radius 3 is 2.63 bits per heavy atom. The summed E-state index contributed by atoms with van der Waals surface area (Å²) in [5.41, 5.74) is 1.96. The largest absolute Gasteiger partial charge is 0.465 e. The molecule has 1 aromatic rings. The van der Waals surface area contributed by atoms with Crippen LogP contribution in [0.2, 0.25) is 0 Å². The smallest absolute Gasteiger partial charge is 0.337 e. The van der Waals surface area contributed by atoms with E-state index < -0.39 is 0 Å². The van der Waals surface area contributed by atoms with Crippen LogP contribution in [-0.4, -0.2) is 30.6 Å². The Balaban J connectivity index is 2.05. The average molecular weight is 279 g/mol. The summed E-state index contributed by atoms with van der Waals surface area (Å²) in [7, 11) is 1.40. The van der Waals surface area contributed by atoms with Crippen LogP contribution in [0.15, 0.2) is 24.3 Å². The number of methoxy groups -OCH3 is 1. The molecule has 1 heterocycles. The van der Waals surface area contributed by atoms with E-state index in [9.17, 15) is 4.79 Å². The normalized spacial score (nSPS) is 21.7. The number of carbonyl (C=O) groups excluding carboxylic acids is 1. The van der Waals surface area contributed by atoms with Gasteiger partial charge >= 0.3 is 5.97 Å². The highest BCUT2D eigenvalue weighted by molar-refractivity contribution is 7.99. The van der Waals surface area contributed by atoms with Gasteiger partial charge in [-0.05, 0) is 41.9 Å². The molecule has 0 amide bonds. The van der Waals surface area contributed by atoms with E-state index in [1.54, 1.807) is 12.1 Å². The number of carbonyl (C=O) groups is 1. The van der Waals surface area contributed by atoms with Crippen LogP contribution < -0.4 is 5.32 Å². The summed E-state index contributed by atoms with van der Waals surface area (Å²) < 4.78 is 4.70. The predicted octanol–water partition coefficient (Wildman–Crippen LogP) is 3.42. The lowest BCUT2D eigenvalue weighted by molar-refractivity contribution is 0.0601. The van der Waals surface area contributed by atoms with Crippen LogP contribution >= 0.6 is 11.8 Å². The van der Waals surface area contributed by atoms with E-state index in [0.29, 0.717) is 17.0 Å². The van der Waals surface area contributed by atoms with Crippen LogP contribution in [0.3, 0.4) is 0 Å². The first-order valence-corrected chi connectivity index (χ1v) is 7.71. The molecule has 4 heteroatoms. The Kier molecular flexibility index (Phi) is 4.40. The predicted molar refractivity (Wildman–Crippen MR) is 80.9 cm³/mol. The fraction of sp³-hybridized carbons (Fsp3) is 0.533. The summed E-state index contributed by atoms with van der Waals surface area (Å²) in [5.74, 6) is 2.08. The van der Waals surface area contributed by atoms with Crippen molar-refractivity contribution < 1.29 is 9.53 Å². The maximum atomic E-state index is 11.4. The molecule has 1 aromatic carbocycles. The van der Waals surface area contributed by atoms with Crippen LogP contribution in [0.5, 0.6) is 0 Å². The van der Waals surface area contributed by atoms with Gasteiger partial charge in [-0.3, -0.25) is 0 Å². The maximum absolute atomic E-state index is 11.4. The Hall–Kier alpha value is -1.16. The summed E-state index contributed by atoms with van der Waals surface area (Å²) in [6.45, 7) is 4.63. The zero-order valence-electron chi connectivity index (χ0n) is 11.7. The lowest BCUT2D eigenvalue weighted by Gasteiger charge is -2.39. The van der Waals surface area contributed by atoms with E-state index in [-0.39, 0.29) is 5.97 Å². The van der Waals surface area contributed by atoms with Gasteiger partial charge in [-0.25, -0.2) is 4.79 Å². The first-order valence-electron chi connectivity index (χ1n) is 6.55. The van der Waals surface area contributed by atoms with Gasteiger partial charge in [0.25, 0.3) is 0 Å². The molecule has 104 valence electrons. The minimum absolute atomic E-state index is 0.292. The number of hydrogen-bond donors (Lipinski definition) is 1. The third kappa shape index (κ3) is 3.44. The van der Waals surface area contributed by atoms with Gasteiger partial charge in [0, 0.05) is 17.5 Å². The zero-order chi connectivity index (χ0) is 13.9. The van der Waals surface area contributed by atoms with Crippen molar-refractivity contribution in [3.63, 3.8) is 0 Å². The van der Waals surface area contributed by atoms with Gasteiger partial charge in [-0.2, -0.15) is 11.8 Å². The first kappa shape index (κ1) is 14.3. The Labute approximate surface area is 119 Å². The molecule has 0 bridgehead atoms. The molecule has 1 aliphatic heterocycles. The van der Waals surface area contributed by atoms with Crippen molar-refractivity contribution >= 4 is 23.4 Å². The Morgan fingerprint density at radius 2 is 2.05 bits per heavy atom. The number of benzene rings is 1. The molecule has 19 heavy (non-hydrogen) atoms. The number of esters is 1. The summed E-state index contributed by atoms with van der Waals surface area (Å²) >= 11 is 2.00. The Morgan fingerprint density at radius 1 is 1.37 bits per heavy atom. The highest BCUT2D eigenvalue weighted by atomic mass is 32.2. The van der Waals surface area contributed by atoms with Crippen molar-refractivity contribution in [2.45, 2.75) is 26.3 Å². The van der Waals surface area contributed by atoms with Crippen molar-refractivity contribution in [1.82, 2.24) is 0 Å². The van der Waals surface area contributed by atoms with Crippen molar-refractivity contribution in [2.24, 2.45) is 5.41 Å². The molecule has 0 spiro atoms. The molecular formula is C15H21NO2S. The molecule has 1 unspecified atom stereocenters. The van der Waals surface area contributed by atoms with E-state index in [0.717, 1.165) is 11.4 Å². The molecule has 0 saturated carbocycles. The molecule has 3 nitrogen and oxygen atoms in total. The average Bonchev–Trinajstić information content (AvgIpc) is 2.41. The SMILES string of the molecule is COC(=O)c1ccc(NC2CSCCC2(C)C)cc1. The fourth-order valence-corrected chi connectivity index (χ4v) is 3.80. The van der Waals surface area contributed by atoms with Gasteiger partial charge in [0.05, 0.1) is 12.7 Å². The second kappa shape index (κ2) is 5.87. The van der Waals surface area contributed by atoms with Gasteiger partial charge in [-0.1, -0.05) is 13.8 Å². The van der Waals surface area contributed by atoms with E-state index in [1.165, 1.54) is 19.3 Å². The van der Waals surface area contributed by atoms with E-state index in [2.05, 4.69) is 19.2 Å². The summed E-state index contributed by atoms with van der Waals surface area (Å²) in [5, 5.41) is 3.58. The minimum Gasteiger partial charge on any atom is -0.465 e. The van der Waals surface area contributed by atoms with Crippen LogP contribution in [0.4, 0.5) is 5.69 Å². The molecule has 1 aliphatic rings. The number of hydrogen-bond acceptors (Lipinski definition) is 4. The van der Waals surface area contributed by atoms with Gasteiger partial charge in [0.1, 0.15) is 0 Å². The molecule has 0 aliphatic carbocycles. The lowest BCUT2D eigenvalue weighted by atomic mass is 9.82. The third-order valence-corrected chi connectivity index (χ3v) is 4.83.